The van der Waals surface area contributed by atoms with Gasteiger partial charge in [0.1, 0.15) is 11.1 Å². The van der Waals surface area contributed by atoms with Crippen LogP contribution < -0.4 is 16.0 Å². The molecule has 9 nitrogen and oxygen atoms in total. The lowest BCUT2D eigenvalue weighted by Gasteiger charge is -2.30. The second kappa shape index (κ2) is 11.9. The van der Waals surface area contributed by atoms with Crippen molar-refractivity contribution in [1.29, 1.82) is 0 Å². The fourth-order valence-electron chi connectivity index (χ4n) is 2.87. The number of aliphatic carboxylic acids is 1. The van der Waals surface area contributed by atoms with Crippen LogP contribution in [0.5, 0.6) is 0 Å². The Hall–Kier alpha value is -2.32. The van der Waals surface area contributed by atoms with Gasteiger partial charge in [-0.25, -0.2) is 4.79 Å². The molecule has 0 radical (unpaired) electrons. The Morgan fingerprint density at radius 2 is 1.45 bits per heavy atom. The van der Waals surface area contributed by atoms with Crippen LogP contribution in [0.15, 0.2) is 0 Å². The lowest BCUT2D eigenvalue weighted by atomic mass is 9.92. The third kappa shape index (κ3) is 11.6. The average Bonchev–Trinajstić information content (AvgIpc) is 2.55. The number of carboxylic acids is 1. The first-order valence-electron chi connectivity index (χ1n) is 10.8. The molecule has 31 heavy (non-hydrogen) atoms. The molecule has 0 aromatic heterocycles. The quantitative estimate of drug-likeness (QED) is 0.388. The minimum atomic E-state index is -1.25. The van der Waals surface area contributed by atoms with Gasteiger partial charge in [0.15, 0.2) is 0 Å². The normalized spacial score (nSPS) is 14.0. The molecule has 0 rings (SSSR count). The van der Waals surface area contributed by atoms with Crippen LogP contribution in [0.25, 0.3) is 0 Å². The molecule has 2 atom stereocenters. The van der Waals surface area contributed by atoms with Crippen molar-refractivity contribution in [3.05, 3.63) is 0 Å². The van der Waals surface area contributed by atoms with Crippen molar-refractivity contribution in [2.45, 2.75) is 79.9 Å². The SMILES string of the molecule is CC(C)C[C@H](CNC(=O)C(C)(C)NC(=O)[C@@H](CNC(=O)OC(C)(C)C)C(C)C)C(=O)O. The Kier molecular flexibility index (Phi) is 11.0. The largest absolute Gasteiger partial charge is 0.481 e. The maximum absolute atomic E-state index is 12.8. The van der Waals surface area contributed by atoms with Crippen molar-refractivity contribution < 1.29 is 29.0 Å². The van der Waals surface area contributed by atoms with Crippen molar-refractivity contribution in [2.24, 2.45) is 23.7 Å². The number of alkyl carbamates (subject to hydrolysis) is 1. The molecule has 180 valence electrons. The minimum absolute atomic E-state index is 0.0144. The van der Waals surface area contributed by atoms with Crippen LogP contribution in [0, 0.1) is 23.7 Å². The van der Waals surface area contributed by atoms with Crippen LogP contribution in [-0.2, 0) is 19.1 Å². The zero-order chi connectivity index (χ0) is 24.6. The van der Waals surface area contributed by atoms with E-state index in [9.17, 15) is 24.3 Å². The number of rotatable bonds is 11. The monoisotopic (exact) mass is 443 g/mol. The fourth-order valence-corrected chi connectivity index (χ4v) is 2.87. The van der Waals surface area contributed by atoms with Gasteiger partial charge in [0.05, 0.1) is 11.8 Å². The summed E-state index contributed by atoms with van der Waals surface area (Å²) in [5.41, 5.74) is -1.90. The molecular formula is C22H41N3O6. The molecular weight excluding hydrogens is 402 g/mol. The predicted molar refractivity (Wildman–Crippen MR) is 118 cm³/mol. The summed E-state index contributed by atoms with van der Waals surface area (Å²) in [6, 6.07) is 0. The van der Waals surface area contributed by atoms with Crippen molar-refractivity contribution >= 4 is 23.9 Å². The van der Waals surface area contributed by atoms with Gasteiger partial charge < -0.3 is 25.8 Å². The molecule has 0 spiro atoms. The highest BCUT2D eigenvalue weighted by molar-refractivity contribution is 5.91. The minimum Gasteiger partial charge on any atom is -0.481 e. The summed E-state index contributed by atoms with van der Waals surface area (Å²) in [5.74, 6) is -3.03. The molecule has 0 fully saturated rings. The Labute approximate surface area is 186 Å². The van der Waals surface area contributed by atoms with E-state index in [0.717, 1.165) is 0 Å². The predicted octanol–water partition coefficient (Wildman–Crippen LogP) is 2.54. The summed E-state index contributed by atoms with van der Waals surface area (Å²) in [7, 11) is 0. The second-order valence-corrected chi connectivity index (χ2v) is 10.2. The first-order chi connectivity index (χ1) is 14.0. The molecule has 0 heterocycles. The highest BCUT2D eigenvalue weighted by atomic mass is 16.6. The van der Waals surface area contributed by atoms with Crippen LogP contribution in [-0.4, -0.2) is 53.2 Å². The Bertz CT molecular complexity index is 638. The van der Waals surface area contributed by atoms with E-state index in [0.29, 0.717) is 6.42 Å². The van der Waals surface area contributed by atoms with Crippen molar-refractivity contribution in [1.82, 2.24) is 16.0 Å². The molecule has 0 aromatic carbocycles. The zero-order valence-electron chi connectivity index (χ0n) is 20.4. The third-order valence-corrected chi connectivity index (χ3v) is 4.62. The number of hydrogen-bond donors (Lipinski definition) is 4. The number of carbonyl (C=O) groups is 4. The molecule has 0 aliphatic rings. The molecule has 0 saturated heterocycles. The fraction of sp³-hybridized carbons (Fsp3) is 0.818. The first kappa shape index (κ1) is 28.7. The van der Waals surface area contributed by atoms with Crippen LogP contribution in [0.3, 0.4) is 0 Å². The number of nitrogens with one attached hydrogen (secondary N) is 3. The highest BCUT2D eigenvalue weighted by Crippen LogP contribution is 2.15. The maximum Gasteiger partial charge on any atom is 0.407 e. The van der Waals surface area contributed by atoms with Gasteiger partial charge in [-0.3, -0.25) is 14.4 Å². The van der Waals surface area contributed by atoms with E-state index in [1.54, 1.807) is 34.6 Å². The molecule has 0 bridgehead atoms. The lowest BCUT2D eigenvalue weighted by Crippen LogP contribution is -2.58. The number of ether oxygens (including phenoxy) is 1. The van der Waals surface area contributed by atoms with Crippen LogP contribution in [0.1, 0.15) is 68.7 Å². The van der Waals surface area contributed by atoms with Gasteiger partial charge in [-0.1, -0.05) is 27.7 Å². The molecule has 0 aliphatic carbocycles. The Morgan fingerprint density at radius 3 is 1.87 bits per heavy atom. The average molecular weight is 444 g/mol. The number of amides is 3. The van der Waals surface area contributed by atoms with Crippen LogP contribution >= 0.6 is 0 Å². The van der Waals surface area contributed by atoms with Crippen molar-refractivity contribution in [2.75, 3.05) is 13.1 Å². The number of hydrogen-bond acceptors (Lipinski definition) is 5. The van der Waals surface area contributed by atoms with Gasteiger partial charge in [0.2, 0.25) is 11.8 Å². The van der Waals surface area contributed by atoms with Gasteiger partial charge in [-0.15, -0.1) is 0 Å². The van der Waals surface area contributed by atoms with Gasteiger partial charge in [0, 0.05) is 13.1 Å². The number of carbonyl (C=O) groups excluding carboxylic acids is 3. The molecule has 0 saturated carbocycles. The second-order valence-electron chi connectivity index (χ2n) is 10.2. The molecule has 4 N–H and O–H groups in total. The van der Waals surface area contributed by atoms with E-state index in [1.165, 1.54) is 0 Å². The molecule has 3 amide bonds. The van der Waals surface area contributed by atoms with E-state index < -0.39 is 40.9 Å². The van der Waals surface area contributed by atoms with Gasteiger partial charge in [0.25, 0.3) is 0 Å². The summed E-state index contributed by atoms with van der Waals surface area (Å²) in [6.45, 7) is 15.9. The zero-order valence-corrected chi connectivity index (χ0v) is 20.4. The Morgan fingerprint density at radius 1 is 0.903 bits per heavy atom. The van der Waals surface area contributed by atoms with Crippen LogP contribution in [0.2, 0.25) is 0 Å². The molecule has 0 aromatic rings. The standard InChI is InChI=1S/C22H41N3O6/c1-13(2)10-15(18(27)28)11-23-19(29)22(8,9)25-17(26)16(14(3)4)12-24-20(30)31-21(5,6)7/h13-16H,10-12H2,1-9H3,(H,23,29)(H,24,30)(H,25,26)(H,27,28)/t15-,16+/m1/s1. The smallest absolute Gasteiger partial charge is 0.407 e. The molecule has 0 unspecified atom stereocenters. The summed E-state index contributed by atoms with van der Waals surface area (Å²) in [5, 5.41) is 17.3. The van der Waals surface area contributed by atoms with Crippen LogP contribution in [0.4, 0.5) is 4.79 Å². The highest BCUT2D eigenvalue weighted by Gasteiger charge is 2.34. The maximum atomic E-state index is 12.8. The third-order valence-electron chi connectivity index (χ3n) is 4.62. The van der Waals surface area contributed by atoms with Gasteiger partial charge >= 0.3 is 12.1 Å². The summed E-state index contributed by atoms with van der Waals surface area (Å²) in [6.07, 6.45) is -0.179. The van der Waals surface area contributed by atoms with Crippen molar-refractivity contribution in [3.63, 3.8) is 0 Å². The summed E-state index contributed by atoms with van der Waals surface area (Å²) >= 11 is 0. The van der Waals surface area contributed by atoms with Crippen molar-refractivity contribution in [3.8, 4) is 0 Å². The summed E-state index contributed by atoms with van der Waals surface area (Å²) in [4.78, 5) is 48.7. The molecule has 0 aliphatic heterocycles. The van der Waals surface area contributed by atoms with E-state index >= 15 is 0 Å². The van der Waals surface area contributed by atoms with Gasteiger partial charge in [-0.2, -0.15) is 0 Å². The summed E-state index contributed by atoms with van der Waals surface area (Å²) < 4.78 is 5.19. The van der Waals surface area contributed by atoms with E-state index in [4.69, 9.17) is 4.74 Å². The first-order valence-corrected chi connectivity index (χ1v) is 10.8. The number of carboxylic acid groups (broad SMARTS) is 1. The van der Waals surface area contributed by atoms with E-state index in [1.807, 2.05) is 27.7 Å². The topological polar surface area (TPSA) is 134 Å². The van der Waals surface area contributed by atoms with E-state index in [-0.39, 0.29) is 30.8 Å². The van der Waals surface area contributed by atoms with Gasteiger partial charge in [-0.05, 0) is 52.9 Å². The van der Waals surface area contributed by atoms with E-state index in [2.05, 4.69) is 16.0 Å². The Balaban J connectivity index is 4.97. The molecule has 9 heteroatoms. The lowest BCUT2D eigenvalue weighted by molar-refractivity contribution is -0.142.